The number of hydrogen-bond acceptors (Lipinski definition) is 16. The average Bonchev–Trinajstić information content (AvgIpc) is 3.44. The van der Waals surface area contributed by atoms with Crippen LogP contribution in [0.15, 0.2) is 29.8 Å². The molecule has 1 aromatic carbocycles. The molecule has 308 valence electrons. The normalized spacial score (nSPS) is 12.9. The molecule has 1 aliphatic rings. The second-order valence-electron chi connectivity index (χ2n) is 11.2. The molecule has 1 heterocycles. The average molecular weight is 774 g/mol. The molecule has 17 heteroatoms. The molecule has 0 saturated carbocycles. The van der Waals surface area contributed by atoms with Gasteiger partial charge in [0.2, 0.25) is 0 Å². The first kappa shape index (κ1) is 47.2. The summed E-state index contributed by atoms with van der Waals surface area (Å²) in [5.74, 6) is -1.71. The summed E-state index contributed by atoms with van der Waals surface area (Å²) >= 11 is 0. The van der Waals surface area contributed by atoms with Gasteiger partial charge in [0.25, 0.3) is 5.91 Å². The lowest BCUT2D eigenvalue weighted by Gasteiger charge is -2.09. The zero-order valence-electron chi connectivity index (χ0n) is 31.8. The highest BCUT2D eigenvalue weighted by Gasteiger charge is 2.31. The SMILES string of the molecule is COCCOCCOCCOCCOCCOCCOCCOCCOCCOCCOCCOCCNC(=O)c1cccc(C2=C(C)C(=O)OC2=O)c1. The fraction of sp³-hybridized carbons (Fsp3) is 0.703. The Morgan fingerprint density at radius 3 is 1.20 bits per heavy atom. The maximum atomic E-state index is 12.5. The summed E-state index contributed by atoms with van der Waals surface area (Å²) in [6, 6.07) is 6.46. The smallest absolute Gasteiger partial charge is 0.347 e. The third kappa shape index (κ3) is 23.8. The summed E-state index contributed by atoms with van der Waals surface area (Å²) in [5, 5.41) is 2.76. The van der Waals surface area contributed by atoms with Crippen molar-refractivity contribution in [2.45, 2.75) is 6.92 Å². The molecule has 0 spiro atoms. The van der Waals surface area contributed by atoms with E-state index in [1.54, 1.807) is 31.4 Å². The third-order valence-electron chi connectivity index (χ3n) is 7.17. The summed E-state index contributed by atoms with van der Waals surface area (Å²) in [5.41, 5.74) is 1.20. The quantitative estimate of drug-likeness (QED) is 0.0572. The summed E-state index contributed by atoms with van der Waals surface area (Å²) in [6.07, 6.45) is 0. The van der Waals surface area contributed by atoms with Crippen LogP contribution >= 0.6 is 0 Å². The third-order valence-corrected chi connectivity index (χ3v) is 7.17. The molecule has 0 bridgehead atoms. The van der Waals surface area contributed by atoms with E-state index in [2.05, 4.69) is 10.1 Å². The summed E-state index contributed by atoms with van der Waals surface area (Å²) in [4.78, 5) is 36.1. The number of ether oxygens (including phenoxy) is 13. The number of amides is 1. The Labute approximate surface area is 318 Å². The molecule has 1 aromatic rings. The van der Waals surface area contributed by atoms with Gasteiger partial charge >= 0.3 is 11.9 Å². The lowest BCUT2D eigenvalue weighted by Crippen LogP contribution is -2.27. The highest BCUT2D eigenvalue weighted by Crippen LogP contribution is 2.27. The minimum Gasteiger partial charge on any atom is -0.386 e. The first-order chi connectivity index (χ1) is 26.5. The van der Waals surface area contributed by atoms with Gasteiger partial charge in [-0.3, -0.25) is 4.79 Å². The van der Waals surface area contributed by atoms with Crippen LogP contribution in [0, 0.1) is 0 Å². The van der Waals surface area contributed by atoms with Gasteiger partial charge in [0.15, 0.2) is 0 Å². The zero-order chi connectivity index (χ0) is 38.7. The van der Waals surface area contributed by atoms with E-state index in [0.29, 0.717) is 170 Å². The van der Waals surface area contributed by atoms with Crippen molar-refractivity contribution in [2.75, 3.05) is 166 Å². The van der Waals surface area contributed by atoms with Crippen molar-refractivity contribution >= 4 is 23.4 Å². The van der Waals surface area contributed by atoms with Crippen molar-refractivity contribution in [2.24, 2.45) is 0 Å². The lowest BCUT2D eigenvalue weighted by atomic mass is 10.00. The van der Waals surface area contributed by atoms with Gasteiger partial charge in [-0.05, 0) is 24.6 Å². The minimum atomic E-state index is -0.714. The Hall–Kier alpha value is -2.91. The topological polar surface area (TPSA) is 183 Å². The second kappa shape index (κ2) is 33.4. The molecular weight excluding hydrogens is 714 g/mol. The monoisotopic (exact) mass is 773 g/mol. The Morgan fingerprint density at radius 2 is 0.870 bits per heavy atom. The molecule has 1 aliphatic heterocycles. The number of carbonyl (C=O) groups is 3. The largest absolute Gasteiger partial charge is 0.386 e. The maximum absolute atomic E-state index is 12.5. The fourth-order valence-electron chi connectivity index (χ4n) is 4.40. The molecule has 1 amide bonds. The van der Waals surface area contributed by atoms with E-state index in [1.165, 1.54) is 6.92 Å². The zero-order valence-corrected chi connectivity index (χ0v) is 31.8. The van der Waals surface area contributed by atoms with Crippen LogP contribution in [-0.4, -0.2) is 183 Å². The standard InChI is InChI=1S/C37H59NO16/c1-31-34(37(41)54-36(31)40)32-4-3-5-33(30-32)35(39)38-6-7-43-10-11-45-14-15-47-18-19-49-22-23-51-26-27-53-29-28-52-25-24-50-21-20-48-17-16-46-13-12-44-9-8-42-2/h3-5,30H,6-29H2,1-2H3,(H,38,39). The molecule has 0 radical (unpaired) electrons. The van der Waals surface area contributed by atoms with E-state index < -0.39 is 11.9 Å². The summed E-state index contributed by atoms with van der Waals surface area (Å²) in [6.45, 7) is 12.8. The first-order valence-electron chi connectivity index (χ1n) is 18.2. The number of esters is 2. The number of rotatable bonds is 38. The van der Waals surface area contributed by atoms with Crippen molar-refractivity contribution in [3.05, 3.63) is 41.0 Å². The predicted molar refractivity (Wildman–Crippen MR) is 193 cm³/mol. The Bertz CT molecular complexity index is 1170. The number of methoxy groups -OCH3 is 1. The molecule has 54 heavy (non-hydrogen) atoms. The van der Waals surface area contributed by atoms with Gasteiger partial charge in [-0.2, -0.15) is 0 Å². The van der Waals surface area contributed by atoms with Crippen LogP contribution in [0.25, 0.3) is 5.57 Å². The molecule has 0 aromatic heterocycles. The minimum absolute atomic E-state index is 0.170. The molecule has 2 rings (SSSR count). The van der Waals surface area contributed by atoms with E-state index in [1.807, 2.05) is 0 Å². The van der Waals surface area contributed by atoms with Crippen molar-refractivity contribution in [3.63, 3.8) is 0 Å². The molecule has 0 aliphatic carbocycles. The van der Waals surface area contributed by atoms with Gasteiger partial charge in [0.05, 0.1) is 158 Å². The number of nitrogens with one attached hydrogen (secondary N) is 1. The van der Waals surface area contributed by atoms with Gasteiger partial charge in [-0.15, -0.1) is 0 Å². The van der Waals surface area contributed by atoms with E-state index in [9.17, 15) is 14.4 Å². The van der Waals surface area contributed by atoms with Crippen LogP contribution in [-0.2, 0) is 71.2 Å². The van der Waals surface area contributed by atoms with Crippen LogP contribution in [0.3, 0.4) is 0 Å². The van der Waals surface area contributed by atoms with Crippen LogP contribution in [0.2, 0.25) is 0 Å². The van der Waals surface area contributed by atoms with E-state index in [4.69, 9.17) is 56.8 Å². The maximum Gasteiger partial charge on any atom is 0.347 e. The van der Waals surface area contributed by atoms with Crippen molar-refractivity contribution in [3.8, 4) is 0 Å². The molecule has 0 saturated heterocycles. The molecule has 0 unspecified atom stereocenters. The summed E-state index contributed by atoms with van der Waals surface area (Å²) in [7, 11) is 1.64. The molecular formula is C37H59NO16. The van der Waals surface area contributed by atoms with Gasteiger partial charge < -0.3 is 66.9 Å². The number of carbonyl (C=O) groups excluding carboxylic acids is 3. The first-order valence-corrected chi connectivity index (χ1v) is 18.2. The second-order valence-corrected chi connectivity index (χ2v) is 11.2. The van der Waals surface area contributed by atoms with Crippen LogP contribution < -0.4 is 5.32 Å². The van der Waals surface area contributed by atoms with Gasteiger partial charge in [-0.1, -0.05) is 12.1 Å². The van der Waals surface area contributed by atoms with Crippen LogP contribution in [0.4, 0.5) is 0 Å². The molecule has 0 fully saturated rings. The Kier molecular flexibility index (Phi) is 29.2. The van der Waals surface area contributed by atoms with Crippen molar-refractivity contribution in [1.29, 1.82) is 0 Å². The van der Waals surface area contributed by atoms with E-state index in [0.717, 1.165) is 0 Å². The number of hydrogen-bond donors (Lipinski definition) is 1. The predicted octanol–water partition coefficient (Wildman–Crippen LogP) is 1.10. The van der Waals surface area contributed by atoms with Crippen LogP contribution in [0.5, 0.6) is 0 Å². The molecule has 1 N–H and O–H groups in total. The van der Waals surface area contributed by atoms with Crippen molar-refractivity contribution in [1.82, 2.24) is 5.32 Å². The molecule has 0 atom stereocenters. The highest BCUT2D eigenvalue weighted by molar-refractivity contribution is 6.30. The van der Waals surface area contributed by atoms with Gasteiger partial charge in [0.1, 0.15) is 0 Å². The van der Waals surface area contributed by atoms with Crippen molar-refractivity contribution < 1.29 is 76.0 Å². The number of benzene rings is 1. The Balaban J connectivity index is 1.22. The Morgan fingerprint density at radius 1 is 0.519 bits per heavy atom. The fourth-order valence-corrected chi connectivity index (χ4v) is 4.40. The van der Waals surface area contributed by atoms with E-state index in [-0.39, 0.29) is 17.1 Å². The summed E-state index contributed by atoms with van der Waals surface area (Å²) < 4.78 is 69.5. The molecule has 17 nitrogen and oxygen atoms in total. The van der Waals surface area contributed by atoms with E-state index >= 15 is 0 Å². The number of cyclic esters (lactones) is 2. The lowest BCUT2D eigenvalue weighted by molar-refractivity contribution is -0.150. The van der Waals surface area contributed by atoms with Gasteiger partial charge in [-0.25, -0.2) is 9.59 Å². The highest BCUT2D eigenvalue weighted by atomic mass is 16.6. The van der Waals surface area contributed by atoms with Gasteiger partial charge in [0, 0.05) is 24.8 Å². The van der Waals surface area contributed by atoms with Crippen LogP contribution in [0.1, 0.15) is 22.8 Å².